The molecule has 2 nitrogen and oxygen atoms in total. The van der Waals surface area contributed by atoms with E-state index in [-0.39, 0.29) is 0 Å². The molecule has 2 heterocycles. The number of hydrogen-bond acceptors (Lipinski definition) is 3. The van der Waals surface area contributed by atoms with E-state index in [1.165, 1.54) is 17.8 Å². The van der Waals surface area contributed by atoms with Crippen molar-refractivity contribution < 1.29 is 4.74 Å². The molecule has 1 fully saturated rings. The Morgan fingerprint density at radius 2 is 2.42 bits per heavy atom. The molecule has 64 valence electrons. The molecule has 1 aliphatic heterocycles. The van der Waals surface area contributed by atoms with E-state index in [9.17, 15) is 0 Å². The molecule has 0 amide bonds. The van der Waals surface area contributed by atoms with Crippen LogP contribution in [-0.2, 0) is 0 Å². The Morgan fingerprint density at radius 3 is 3.25 bits per heavy atom. The lowest BCUT2D eigenvalue weighted by Crippen LogP contribution is -2.31. The number of fused-ring (bicyclic) bond motifs is 1. The molecule has 1 unspecified atom stereocenters. The van der Waals surface area contributed by atoms with Crippen LogP contribution in [-0.4, -0.2) is 12.6 Å². The van der Waals surface area contributed by atoms with Crippen molar-refractivity contribution in [1.29, 1.82) is 0 Å². The highest BCUT2D eigenvalue weighted by Gasteiger charge is 2.35. The molecule has 1 aromatic rings. The van der Waals surface area contributed by atoms with Gasteiger partial charge < -0.3 is 10.1 Å². The zero-order valence-electron chi connectivity index (χ0n) is 6.75. The molecule has 3 rings (SSSR count). The van der Waals surface area contributed by atoms with Gasteiger partial charge in [-0.25, -0.2) is 0 Å². The maximum atomic E-state index is 5.84. The third kappa shape index (κ3) is 1.00. The lowest BCUT2D eigenvalue weighted by molar-refractivity contribution is 0.184. The molecule has 2 aliphatic rings. The minimum atomic E-state index is 0.437. The number of thiophene rings is 1. The molecule has 1 atom stereocenters. The summed E-state index contributed by atoms with van der Waals surface area (Å²) in [4.78, 5) is 0. The van der Waals surface area contributed by atoms with Crippen LogP contribution in [0.5, 0.6) is 5.75 Å². The van der Waals surface area contributed by atoms with Crippen LogP contribution in [0.1, 0.15) is 12.8 Å². The number of rotatable bonds is 1. The van der Waals surface area contributed by atoms with Crippen LogP contribution in [0.3, 0.4) is 0 Å². The van der Waals surface area contributed by atoms with E-state index in [1.807, 2.05) is 0 Å². The smallest absolute Gasteiger partial charge is 0.154 e. The van der Waals surface area contributed by atoms with E-state index in [2.05, 4.69) is 16.8 Å². The number of hydrogen-bond donors (Lipinski definition) is 1. The molecule has 0 aromatic carbocycles. The lowest BCUT2D eigenvalue weighted by Gasteiger charge is -2.24. The molecule has 3 heteroatoms. The fraction of sp³-hybridized carbons (Fsp3) is 0.556. The second kappa shape index (κ2) is 2.39. The molecule has 1 aliphatic carbocycles. The first kappa shape index (κ1) is 6.78. The quantitative estimate of drug-likeness (QED) is 0.718. The summed E-state index contributed by atoms with van der Waals surface area (Å²) in [5.41, 5.74) is 0. The Hall–Kier alpha value is -0.700. The normalized spacial score (nSPS) is 27.2. The molecule has 1 N–H and O–H groups in total. The summed E-state index contributed by atoms with van der Waals surface area (Å²) in [6.07, 6.45) is 3.14. The van der Waals surface area contributed by atoms with Gasteiger partial charge in [0.25, 0.3) is 0 Å². The highest BCUT2D eigenvalue weighted by molar-refractivity contribution is 7.14. The van der Waals surface area contributed by atoms with Gasteiger partial charge in [-0.1, -0.05) is 0 Å². The Labute approximate surface area is 75.5 Å². The molecule has 1 aromatic heterocycles. The van der Waals surface area contributed by atoms with Gasteiger partial charge in [-0.3, -0.25) is 0 Å². The predicted octanol–water partition coefficient (Wildman–Crippen LogP) is 2.33. The highest BCUT2D eigenvalue weighted by atomic mass is 32.1. The second-order valence-corrected chi connectivity index (χ2v) is 4.40. The van der Waals surface area contributed by atoms with Crippen molar-refractivity contribution in [2.75, 3.05) is 11.9 Å². The number of nitrogens with one attached hydrogen (secondary N) is 1. The van der Waals surface area contributed by atoms with Crippen LogP contribution in [0.4, 0.5) is 5.00 Å². The molecule has 1 saturated carbocycles. The highest BCUT2D eigenvalue weighted by Crippen LogP contribution is 2.41. The van der Waals surface area contributed by atoms with Gasteiger partial charge in [-0.15, -0.1) is 11.3 Å². The summed E-state index contributed by atoms with van der Waals surface area (Å²) in [5, 5.41) is 6.68. The summed E-state index contributed by atoms with van der Waals surface area (Å²) < 4.78 is 5.84. The van der Waals surface area contributed by atoms with Crippen molar-refractivity contribution in [2.45, 2.75) is 18.9 Å². The zero-order chi connectivity index (χ0) is 7.97. The first-order valence-electron chi connectivity index (χ1n) is 4.41. The number of ether oxygens (including phenoxy) is 1. The fourth-order valence-corrected chi connectivity index (χ4v) is 2.37. The Balaban J connectivity index is 1.83. The van der Waals surface area contributed by atoms with E-state index in [1.54, 1.807) is 11.3 Å². The average Bonchev–Trinajstić information content (AvgIpc) is 2.84. The monoisotopic (exact) mass is 181 g/mol. The van der Waals surface area contributed by atoms with Crippen LogP contribution in [0, 0.1) is 5.92 Å². The van der Waals surface area contributed by atoms with Gasteiger partial charge in [0.15, 0.2) is 5.75 Å². The Morgan fingerprint density at radius 1 is 1.50 bits per heavy atom. The summed E-state index contributed by atoms with van der Waals surface area (Å²) in [7, 11) is 0. The van der Waals surface area contributed by atoms with E-state index in [0.717, 1.165) is 18.2 Å². The zero-order valence-corrected chi connectivity index (χ0v) is 7.56. The van der Waals surface area contributed by atoms with Gasteiger partial charge in [-0.05, 0) is 30.2 Å². The third-order valence-corrected chi connectivity index (χ3v) is 3.37. The molecule has 12 heavy (non-hydrogen) atoms. The van der Waals surface area contributed by atoms with Crippen molar-refractivity contribution in [3.05, 3.63) is 11.4 Å². The standard InChI is InChI=1S/C9H11NOS/c1-2-6(1)8-5-10-9-7(11-8)3-4-12-9/h3-4,6,8,10H,1-2,5H2. The van der Waals surface area contributed by atoms with Gasteiger partial charge in [0.1, 0.15) is 11.1 Å². The summed E-state index contributed by atoms with van der Waals surface area (Å²) >= 11 is 1.72. The summed E-state index contributed by atoms with van der Waals surface area (Å²) in [5.74, 6) is 1.88. The van der Waals surface area contributed by atoms with Crippen LogP contribution < -0.4 is 10.1 Å². The second-order valence-electron chi connectivity index (χ2n) is 3.49. The fourth-order valence-electron chi connectivity index (χ4n) is 1.65. The maximum Gasteiger partial charge on any atom is 0.154 e. The van der Waals surface area contributed by atoms with Crippen molar-refractivity contribution >= 4 is 16.3 Å². The van der Waals surface area contributed by atoms with E-state index in [4.69, 9.17) is 4.74 Å². The largest absolute Gasteiger partial charge is 0.485 e. The predicted molar refractivity (Wildman–Crippen MR) is 49.9 cm³/mol. The van der Waals surface area contributed by atoms with Crippen LogP contribution >= 0.6 is 11.3 Å². The first-order chi connectivity index (χ1) is 5.93. The van der Waals surface area contributed by atoms with Crippen LogP contribution in [0.2, 0.25) is 0 Å². The molecule has 0 radical (unpaired) electrons. The minimum Gasteiger partial charge on any atom is -0.485 e. The van der Waals surface area contributed by atoms with Crippen molar-refractivity contribution in [1.82, 2.24) is 0 Å². The molecular weight excluding hydrogens is 170 g/mol. The summed E-state index contributed by atoms with van der Waals surface area (Å²) in [6, 6.07) is 2.06. The molecular formula is C9H11NOS. The minimum absolute atomic E-state index is 0.437. The van der Waals surface area contributed by atoms with Crippen molar-refractivity contribution in [2.24, 2.45) is 5.92 Å². The van der Waals surface area contributed by atoms with Gasteiger partial charge in [0.05, 0.1) is 6.54 Å². The molecule has 0 spiro atoms. The first-order valence-corrected chi connectivity index (χ1v) is 5.29. The topological polar surface area (TPSA) is 21.3 Å². The number of anilines is 1. The Kier molecular flexibility index (Phi) is 1.35. The van der Waals surface area contributed by atoms with E-state index in [0.29, 0.717) is 6.10 Å². The SMILES string of the molecule is c1cc2c(s1)NCC(C1CC1)O2. The van der Waals surface area contributed by atoms with E-state index >= 15 is 0 Å². The lowest BCUT2D eigenvalue weighted by atomic mass is 10.2. The van der Waals surface area contributed by atoms with Crippen LogP contribution in [0.25, 0.3) is 0 Å². The van der Waals surface area contributed by atoms with Crippen molar-refractivity contribution in [3.8, 4) is 5.75 Å². The van der Waals surface area contributed by atoms with Gasteiger partial charge in [-0.2, -0.15) is 0 Å². The third-order valence-electron chi connectivity index (χ3n) is 2.52. The van der Waals surface area contributed by atoms with Crippen LogP contribution in [0.15, 0.2) is 11.4 Å². The molecule has 0 saturated heterocycles. The Bertz CT molecular complexity index is 292. The van der Waals surface area contributed by atoms with E-state index < -0.39 is 0 Å². The average molecular weight is 181 g/mol. The van der Waals surface area contributed by atoms with Crippen molar-refractivity contribution in [3.63, 3.8) is 0 Å². The molecule has 0 bridgehead atoms. The maximum absolute atomic E-state index is 5.84. The van der Waals surface area contributed by atoms with Gasteiger partial charge in [0, 0.05) is 0 Å². The van der Waals surface area contributed by atoms with Gasteiger partial charge >= 0.3 is 0 Å². The van der Waals surface area contributed by atoms with Gasteiger partial charge in [0.2, 0.25) is 0 Å². The summed E-state index contributed by atoms with van der Waals surface area (Å²) in [6.45, 7) is 0.998.